The van der Waals surface area contributed by atoms with Crippen LogP contribution >= 0.6 is 54.5 Å². The Bertz CT molecular complexity index is 1140. The molecule has 0 spiro atoms. The number of hydrogen-bond acceptors (Lipinski definition) is 4. The summed E-state index contributed by atoms with van der Waals surface area (Å²) in [6.07, 6.45) is 1.45. The molecule has 3 aromatic rings. The van der Waals surface area contributed by atoms with Gasteiger partial charge >= 0.3 is 5.97 Å². The molecule has 3 rings (SSSR count). The summed E-state index contributed by atoms with van der Waals surface area (Å²) in [6, 6.07) is 14.2. The second-order valence-corrected chi connectivity index (χ2v) is 8.67. The highest BCUT2D eigenvalue weighted by Gasteiger charge is 2.32. The van der Waals surface area contributed by atoms with E-state index in [0.717, 1.165) is 4.90 Å². The van der Waals surface area contributed by atoms with Gasteiger partial charge in [-0.3, -0.25) is 9.59 Å². The number of aromatic carboxylic acids is 1. The molecule has 2 amide bonds. The number of rotatable bonds is 4. The lowest BCUT2D eigenvalue weighted by molar-refractivity contribution is 0.0690. The second kappa shape index (κ2) is 9.14. The lowest BCUT2D eigenvalue weighted by atomic mass is 10.1. The number of carbonyl (C=O) groups excluding carboxylic acids is 2. The first kappa shape index (κ1) is 21.6. The molecule has 146 valence electrons. The first-order valence-electron chi connectivity index (χ1n) is 8.08. The van der Waals surface area contributed by atoms with Crippen molar-refractivity contribution in [2.45, 2.75) is 0 Å². The van der Waals surface area contributed by atoms with E-state index in [0.29, 0.717) is 18.1 Å². The summed E-state index contributed by atoms with van der Waals surface area (Å²) in [5.41, 5.74) is -0.0203. The molecule has 0 saturated carbocycles. The molecule has 0 unspecified atom stereocenters. The topological polar surface area (TPSA) is 87.6 Å². The van der Waals surface area contributed by atoms with Crippen molar-refractivity contribution in [3.63, 3.8) is 0 Å². The Hall–Kier alpha value is -2.11. The minimum atomic E-state index is -1.27. The van der Waals surface area contributed by atoms with Gasteiger partial charge in [0.25, 0.3) is 11.8 Å². The predicted octanol–water partition coefficient (Wildman–Crippen LogP) is 5.40. The van der Waals surface area contributed by atoms with Gasteiger partial charge in [-0.15, -0.1) is 0 Å². The van der Waals surface area contributed by atoms with Crippen LogP contribution in [0.1, 0.15) is 31.1 Å². The molecule has 0 bridgehead atoms. The molecule has 2 aromatic carbocycles. The van der Waals surface area contributed by atoms with E-state index in [1.807, 2.05) is 22.6 Å². The summed E-state index contributed by atoms with van der Waals surface area (Å²) in [5, 5.41) is 9.47. The molecular weight excluding hydrogens is 619 g/mol. The molecule has 0 radical (unpaired) electrons. The normalized spacial score (nSPS) is 10.4. The average molecular weight is 630 g/mol. The molecule has 9 heteroatoms. The largest absolute Gasteiger partial charge is 0.478 e. The molecule has 1 heterocycles. The van der Waals surface area contributed by atoms with Crippen LogP contribution in [0, 0.1) is 3.57 Å². The maximum absolute atomic E-state index is 13.4. The van der Waals surface area contributed by atoms with Crippen molar-refractivity contribution in [3.8, 4) is 0 Å². The van der Waals surface area contributed by atoms with Crippen molar-refractivity contribution in [1.82, 2.24) is 4.98 Å². The van der Waals surface area contributed by atoms with Crippen LogP contribution in [0.5, 0.6) is 0 Å². The van der Waals surface area contributed by atoms with E-state index in [1.165, 1.54) is 24.4 Å². The van der Waals surface area contributed by atoms with Gasteiger partial charge in [0.05, 0.1) is 21.2 Å². The zero-order valence-corrected chi connectivity index (χ0v) is 19.8. The number of aromatic nitrogens is 1. The van der Waals surface area contributed by atoms with Crippen molar-refractivity contribution >= 4 is 78.1 Å². The van der Waals surface area contributed by atoms with Gasteiger partial charge in [-0.05, 0) is 84.8 Å². The van der Waals surface area contributed by atoms with E-state index in [4.69, 9.17) is 0 Å². The molecular formula is C20H11Br2IN2O4. The van der Waals surface area contributed by atoms with Gasteiger partial charge in [-0.1, -0.05) is 24.3 Å². The Balaban J connectivity index is 2.21. The SMILES string of the molecule is O=C(O)c1ccccc1C(=O)N(C(=O)c1ccccc1I)c1ncc(Br)cc1Br. The fourth-order valence-electron chi connectivity index (χ4n) is 2.59. The van der Waals surface area contributed by atoms with Crippen molar-refractivity contribution in [2.75, 3.05) is 4.90 Å². The summed E-state index contributed by atoms with van der Waals surface area (Å²) >= 11 is 8.64. The molecule has 0 fully saturated rings. The van der Waals surface area contributed by atoms with Crippen molar-refractivity contribution in [2.24, 2.45) is 0 Å². The highest BCUT2D eigenvalue weighted by Crippen LogP contribution is 2.30. The monoisotopic (exact) mass is 628 g/mol. The van der Waals surface area contributed by atoms with Gasteiger partial charge in [0.15, 0.2) is 5.82 Å². The van der Waals surface area contributed by atoms with E-state index in [2.05, 4.69) is 36.8 Å². The van der Waals surface area contributed by atoms with Gasteiger partial charge in [0, 0.05) is 14.2 Å². The molecule has 1 N–H and O–H groups in total. The zero-order chi connectivity index (χ0) is 21.1. The van der Waals surface area contributed by atoms with Gasteiger partial charge < -0.3 is 5.11 Å². The molecule has 1 aromatic heterocycles. The van der Waals surface area contributed by atoms with Crippen LogP contribution in [-0.4, -0.2) is 27.9 Å². The second-order valence-electron chi connectivity index (χ2n) is 5.74. The zero-order valence-electron chi connectivity index (χ0n) is 14.5. The number of pyridine rings is 1. The van der Waals surface area contributed by atoms with Gasteiger partial charge in [-0.2, -0.15) is 0 Å². The van der Waals surface area contributed by atoms with Gasteiger partial charge in [0.1, 0.15) is 0 Å². The van der Waals surface area contributed by atoms with Gasteiger partial charge in [0.2, 0.25) is 0 Å². The van der Waals surface area contributed by atoms with E-state index in [-0.39, 0.29) is 16.9 Å². The van der Waals surface area contributed by atoms with Crippen LogP contribution < -0.4 is 4.90 Å². The first-order valence-corrected chi connectivity index (χ1v) is 10.7. The third kappa shape index (κ3) is 4.57. The van der Waals surface area contributed by atoms with Crippen molar-refractivity contribution in [3.05, 3.63) is 90.0 Å². The number of carbonyl (C=O) groups is 3. The summed E-state index contributed by atoms with van der Waals surface area (Å²) in [4.78, 5) is 43.5. The van der Waals surface area contributed by atoms with Crippen molar-refractivity contribution < 1.29 is 19.5 Å². The maximum Gasteiger partial charge on any atom is 0.336 e. The van der Waals surface area contributed by atoms with Crippen LogP contribution in [0.4, 0.5) is 5.82 Å². The Morgan fingerprint density at radius 3 is 2.03 bits per heavy atom. The number of hydrogen-bond donors (Lipinski definition) is 1. The third-order valence-corrected chi connectivity index (χ3v) is 5.86. The number of carboxylic acids is 1. The highest BCUT2D eigenvalue weighted by atomic mass is 127. The van der Waals surface area contributed by atoms with Crippen LogP contribution in [0.3, 0.4) is 0 Å². The van der Waals surface area contributed by atoms with Gasteiger partial charge in [-0.25, -0.2) is 14.7 Å². The summed E-state index contributed by atoms with van der Waals surface area (Å²) in [5.74, 6) is -2.61. The quantitative estimate of drug-likeness (QED) is 0.309. The summed E-state index contributed by atoms with van der Waals surface area (Å²) in [6.45, 7) is 0. The Labute approximate surface area is 196 Å². The molecule has 0 saturated heterocycles. The lowest BCUT2D eigenvalue weighted by Gasteiger charge is -2.22. The number of benzene rings is 2. The Kier molecular flexibility index (Phi) is 6.81. The fraction of sp³-hybridized carbons (Fsp3) is 0. The smallest absolute Gasteiger partial charge is 0.336 e. The molecule has 0 aliphatic rings. The first-order chi connectivity index (χ1) is 13.8. The fourth-order valence-corrected chi connectivity index (χ4v) is 4.37. The number of halogens is 3. The minimum absolute atomic E-state index is 0.0584. The molecule has 6 nitrogen and oxygen atoms in total. The van der Waals surface area contributed by atoms with E-state index >= 15 is 0 Å². The summed E-state index contributed by atoms with van der Waals surface area (Å²) < 4.78 is 1.69. The third-order valence-electron chi connectivity index (χ3n) is 3.90. The van der Waals surface area contributed by atoms with E-state index in [1.54, 1.807) is 36.4 Å². The van der Waals surface area contributed by atoms with E-state index < -0.39 is 17.8 Å². The number of imide groups is 1. The maximum atomic E-state index is 13.4. The minimum Gasteiger partial charge on any atom is -0.478 e. The molecule has 0 aliphatic heterocycles. The van der Waals surface area contributed by atoms with Crippen LogP contribution in [0.25, 0.3) is 0 Å². The number of carboxylic acid groups (broad SMARTS) is 1. The summed E-state index contributed by atoms with van der Waals surface area (Å²) in [7, 11) is 0. The highest BCUT2D eigenvalue weighted by molar-refractivity contribution is 14.1. The molecule has 29 heavy (non-hydrogen) atoms. The van der Waals surface area contributed by atoms with Crippen LogP contribution in [-0.2, 0) is 0 Å². The van der Waals surface area contributed by atoms with Crippen LogP contribution in [0.2, 0.25) is 0 Å². The lowest BCUT2D eigenvalue weighted by Crippen LogP contribution is -2.39. The number of anilines is 1. The number of amides is 2. The predicted molar refractivity (Wildman–Crippen MR) is 123 cm³/mol. The Morgan fingerprint density at radius 1 is 0.897 bits per heavy atom. The average Bonchev–Trinajstić information content (AvgIpc) is 2.69. The van der Waals surface area contributed by atoms with E-state index in [9.17, 15) is 19.5 Å². The van der Waals surface area contributed by atoms with Crippen LogP contribution in [0.15, 0.2) is 69.7 Å². The standard InChI is InChI=1S/C20H11Br2IN2O4/c21-11-9-15(22)17(24-10-11)25(19(27)14-7-3-4-8-16(14)23)18(26)12-5-1-2-6-13(12)20(28)29/h1-10H,(H,28,29). The van der Waals surface area contributed by atoms with Crippen molar-refractivity contribution in [1.29, 1.82) is 0 Å². The Morgan fingerprint density at radius 2 is 1.45 bits per heavy atom. The molecule has 0 aliphatic carbocycles. The molecule has 0 atom stereocenters. The number of nitrogens with zero attached hydrogens (tertiary/aromatic N) is 2.